The maximum absolute atomic E-state index is 12.0. The molecule has 2 heteroatoms. The summed E-state index contributed by atoms with van der Waals surface area (Å²) in [7, 11) is 0. The molecule has 2 aromatic rings. The van der Waals surface area contributed by atoms with Crippen molar-refractivity contribution in [2.75, 3.05) is 0 Å². The lowest BCUT2D eigenvalue weighted by molar-refractivity contribution is -0.154. The number of hydrogen-bond donors (Lipinski definition) is 0. The number of esters is 1. The predicted octanol–water partition coefficient (Wildman–Crippen LogP) is 6.53. The molecule has 0 amide bonds. The Morgan fingerprint density at radius 1 is 1.07 bits per heavy atom. The van der Waals surface area contributed by atoms with Gasteiger partial charge in [0, 0.05) is 11.8 Å². The highest BCUT2D eigenvalue weighted by Gasteiger charge is 2.46. The number of fused-ring (bicyclic) bond motifs is 1. The highest BCUT2D eigenvalue weighted by molar-refractivity contribution is 5.80. The molecule has 0 N–H and O–H groups in total. The molecule has 3 rings (SSSR count). The lowest BCUT2D eigenvalue weighted by Gasteiger charge is -2.47. The molecule has 0 saturated carbocycles. The molecule has 28 heavy (non-hydrogen) atoms. The van der Waals surface area contributed by atoms with Crippen molar-refractivity contribution in [2.45, 2.75) is 71.3 Å². The van der Waals surface area contributed by atoms with Gasteiger partial charge in [-0.2, -0.15) is 0 Å². The van der Waals surface area contributed by atoms with E-state index >= 15 is 0 Å². The van der Waals surface area contributed by atoms with E-state index in [-0.39, 0.29) is 22.9 Å². The van der Waals surface area contributed by atoms with Gasteiger partial charge in [0.2, 0.25) is 0 Å². The molecule has 0 aliphatic heterocycles. The fourth-order valence-electron chi connectivity index (χ4n) is 4.23. The van der Waals surface area contributed by atoms with Crippen molar-refractivity contribution in [1.29, 1.82) is 0 Å². The second kappa shape index (κ2) is 7.58. The van der Waals surface area contributed by atoms with Crippen molar-refractivity contribution in [2.24, 2.45) is 0 Å². The largest absolute Gasteiger partial charge is 0.461 e. The zero-order valence-electron chi connectivity index (χ0n) is 18.0. The third-order valence-corrected chi connectivity index (χ3v) is 6.14. The Hall–Kier alpha value is -2.35. The molecule has 148 valence electrons. The van der Waals surface area contributed by atoms with Crippen LogP contribution >= 0.6 is 0 Å². The molecule has 0 saturated heterocycles. The molecule has 0 aromatic heterocycles. The minimum atomic E-state index is -0.223. The van der Waals surface area contributed by atoms with Gasteiger partial charge in [0.15, 0.2) is 0 Å². The predicted molar refractivity (Wildman–Crippen MR) is 117 cm³/mol. The van der Waals surface area contributed by atoms with Crippen molar-refractivity contribution in [1.82, 2.24) is 0 Å². The summed E-state index contributed by atoms with van der Waals surface area (Å²) >= 11 is 0. The summed E-state index contributed by atoms with van der Waals surface area (Å²) in [6.45, 7) is 12.9. The first kappa shape index (κ1) is 20.4. The number of allylic oxidation sites excluding steroid dienone is 1. The Morgan fingerprint density at radius 3 is 2.39 bits per heavy atom. The Bertz CT molecular complexity index is 888. The van der Waals surface area contributed by atoms with E-state index in [0.717, 1.165) is 6.42 Å². The van der Waals surface area contributed by atoms with Crippen LogP contribution in [-0.4, -0.2) is 12.1 Å². The van der Waals surface area contributed by atoms with Gasteiger partial charge >= 0.3 is 5.97 Å². The first-order valence-corrected chi connectivity index (χ1v) is 10.2. The molecule has 1 aliphatic carbocycles. The topological polar surface area (TPSA) is 26.3 Å². The molecule has 0 bridgehead atoms. The number of rotatable bonds is 4. The van der Waals surface area contributed by atoms with E-state index in [9.17, 15) is 4.79 Å². The molecular weight excluding hydrogens is 344 g/mol. The molecule has 0 spiro atoms. The lowest BCUT2D eigenvalue weighted by Crippen LogP contribution is -2.47. The molecule has 1 unspecified atom stereocenters. The maximum Gasteiger partial charge on any atom is 0.305 e. The van der Waals surface area contributed by atoms with Crippen molar-refractivity contribution in [3.05, 3.63) is 70.8 Å². The van der Waals surface area contributed by atoms with Crippen molar-refractivity contribution < 1.29 is 9.53 Å². The van der Waals surface area contributed by atoms with E-state index in [1.807, 2.05) is 13.0 Å². The molecule has 1 atom stereocenters. The molecule has 2 aromatic carbocycles. The highest BCUT2D eigenvalue weighted by Crippen LogP contribution is 2.47. The fourth-order valence-corrected chi connectivity index (χ4v) is 4.23. The Labute approximate surface area is 169 Å². The standard InChI is InChI=1S/C26H32O2/c1-7-24(27)28-23-17-25(3,4)21-14-13-20(16-22(21)26(23,5)6)18(2)15-19-11-9-8-10-12-19/h8-16,23H,7,17H2,1-6H3. The normalized spacial score (nSPS) is 20.4. The second-order valence-electron chi connectivity index (χ2n) is 9.14. The zero-order chi connectivity index (χ0) is 20.5. The maximum atomic E-state index is 12.0. The van der Waals surface area contributed by atoms with Gasteiger partial charge in [-0.05, 0) is 46.6 Å². The van der Waals surface area contributed by atoms with Crippen molar-refractivity contribution in [3.63, 3.8) is 0 Å². The van der Waals surface area contributed by atoms with Gasteiger partial charge in [-0.3, -0.25) is 4.79 Å². The van der Waals surface area contributed by atoms with Crippen LogP contribution in [-0.2, 0) is 20.4 Å². The van der Waals surface area contributed by atoms with Crippen molar-refractivity contribution in [3.8, 4) is 0 Å². The molecule has 0 heterocycles. The van der Waals surface area contributed by atoms with E-state index in [0.29, 0.717) is 6.42 Å². The van der Waals surface area contributed by atoms with Gasteiger partial charge in [-0.1, -0.05) is 89.2 Å². The van der Waals surface area contributed by atoms with Gasteiger partial charge in [0.05, 0.1) is 0 Å². The van der Waals surface area contributed by atoms with E-state index in [1.54, 1.807) is 0 Å². The molecule has 2 nitrogen and oxygen atoms in total. The summed E-state index contributed by atoms with van der Waals surface area (Å²) in [5.74, 6) is -0.117. The van der Waals surface area contributed by atoms with Crippen LogP contribution in [0.2, 0.25) is 0 Å². The third kappa shape index (κ3) is 3.92. The summed E-state index contributed by atoms with van der Waals surface area (Å²) in [4.78, 5) is 12.0. The number of carbonyl (C=O) groups excluding carboxylic acids is 1. The summed E-state index contributed by atoms with van der Waals surface area (Å²) in [6.07, 6.45) is 3.36. The summed E-state index contributed by atoms with van der Waals surface area (Å²) in [6, 6.07) is 17.2. The number of carbonyl (C=O) groups is 1. The van der Waals surface area contributed by atoms with Crippen LogP contribution in [0.15, 0.2) is 48.5 Å². The van der Waals surface area contributed by atoms with Crippen LogP contribution in [0.25, 0.3) is 11.6 Å². The Balaban J connectivity index is 2.04. The fraction of sp³-hybridized carbons (Fsp3) is 0.423. The number of benzene rings is 2. The quantitative estimate of drug-likeness (QED) is 0.448. The molecule has 1 aliphatic rings. The van der Waals surface area contributed by atoms with Crippen LogP contribution in [0.4, 0.5) is 0 Å². The molecule has 0 fully saturated rings. The number of ether oxygens (including phenoxy) is 1. The average Bonchev–Trinajstić information content (AvgIpc) is 2.66. The van der Waals surface area contributed by atoms with Gasteiger partial charge in [-0.15, -0.1) is 0 Å². The Morgan fingerprint density at radius 2 is 1.75 bits per heavy atom. The van der Waals surface area contributed by atoms with E-state index in [1.165, 1.54) is 27.8 Å². The monoisotopic (exact) mass is 376 g/mol. The van der Waals surface area contributed by atoms with Crippen LogP contribution in [0.1, 0.15) is 76.6 Å². The van der Waals surface area contributed by atoms with Gasteiger partial charge in [-0.25, -0.2) is 0 Å². The van der Waals surface area contributed by atoms with Crippen LogP contribution in [0.5, 0.6) is 0 Å². The summed E-state index contributed by atoms with van der Waals surface area (Å²) in [5, 5.41) is 0. The van der Waals surface area contributed by atoms with E-state index < -0.39 is 0 Å². The first-order valence-electron chi connectivity index (χ1n) is 10.2. The first-order chi connectivity index (χ1) is 13.1. The molecular formula is C26H32O2. The highest BCUT2D eigenvalue weighted by atomic mass is 16.5. The van der Waals surface area contributed by atoms with Crippen LogP contribution in [0, 0.1) is 0 Å². The lowest BCUT2D eigenvalue weighted by atomic mass is 9.61. The number of hydrogen-bond acceptors (Lipinski definition) is 2. The van der Waals surface area contributed by atoms with E-state index in [4.69, 9.17) is 4.74 Å². The third-order valence-electron chi connectivity index (χ3n) is 6.14. The average molecular weight is 377 g/mol. The summed E-state index contributed by atoms with van der Waals surface area (Å²) < 4.78 is 5.89. The van der Waals surface area contributed by atoms with Gasteiger partial charge in [0.25, 0.3) is 0 Å². The zero-order valence-corrected chi connectivity index (χ0v) is 18.0. The second-order valence-corrected chi connectivity index (χ2v) is 9.14. The van der Waals surface area contributed by atoms with Crippen LogP contribution < -0.4 is 0 Å². The van der Waals surface area contributed by atoms with E-state index in [2.05, 4.69) is 83.2 Å². The smallest absolute Gasteiger partial charge is 0.305 e. The van der Waals surface area contributed by atoms with Crippen molar-refractivity contribution >= 4 is 17.6 Å². The minimum absolute atomic E-state index is 0.0287. The summed E-state index contributed by atoms with van der Waals surface area (Å²) in [5.41, 5.74) is 6.04. The Kier molecular flexibility index (Phi) is 5.52. The van der Waals surface area contributed by atoms with Gasteiger partial charge in [0.1, 0.15) is 6.10 Å². The minimum Gasteiger partial charge on any atom is -0.461 e. The SMILES string of the molecule is CCC(=O)OC1CC(C)(C)c2ccc(C(C)=Cc3ccccc3)cc2C1(C)C. The van der Waals surface area contributed by atoms with Crippen LogP contribution in [0.3, 0.4) is 0 Å². The molecule has 0 radical (unpaired) electrons. The van der Waals surface area contributed by atoms with Gasteiger partial charge < -0.3 is 4.74 Å².